The van der Waals surface area contributed by atoms with Gasteiger partial charge in [-0.3, -0.25) is 15.1 Å². The molecule has 2 aromatic heterocycles. The van der Waals surface area contributed by atoms with Gasteiger partial charge in [-0.05, 0) is 42.5 Å². The number of halogens is 1. The van der Waals surface area contributed by atoms with E-state index in [0.717, 1.165) is 4.47 Å². The lowest BCUT2D eigenvalue weighted by molar-refractivity contribution is 0.102. The molecule has 0 bridgehead atoms. The number of hydrogen-bond acceptors (Lipinski definition) is 6. The van der Waals surface area contributed by atoms with Gasteiger partial charge in [0.25, 0.3) is 5.91 Å². The molecule has 2 heterocycles. The second-order valence-electron chi connectivity index (χ2n) is 5.64. The standard InChI is InChI=1S/C20H13BrN4O2S/c21-13-6-5-7-14(12-13)27-17-10-2-1-8-15(17)18(26)23-20-25-24-19(28-20)16-9-3-4-11-22-16/h1-12H,(H,23,25,26). The van der Waals surface area contributed by atoms with Gasteiger partial charge in [0.2, 0.25) is 5.13 Å². The molecule has 8 heteroatoms. The third kappa shape index (κ3) is 4.24. The third-order valence-electron chi connectivity index (χ3n) is 3.69. The fourth-order valence-corrected chi connectivity index (χ4v) is 3.53. The van der Waals surface area contributed by atoms with E-state index in [1.165, 1.54) is 11.3 Å². The van der Waals surface area contributed by atoms with Crippen molar-refractivity contribution in [2.75, 3.05) is 5.32 Å². The fraction of sp³-hybridized carbons (Fsp3) is 0. The normalized spacial score (nSPS) is 10.5. The van der Waals surface area contributed by atoms with Crippen molar-refractivity contribution in [2.24, 2.45) is 0 Å². The molecular weight excluding hydrogens is 440 g/mol. The van der Waals surface area contributed by atoms with Crippen LogP contribution in [0.5, 0.6) is 11.5 Å². The quantitative estimate of drug-likeness (QED) is 0.438. The van der Waals surface area contributed by atoms with Crippen LogP contribution in [0.15, 0.2) is 77.4 Å². The molecule has 0 aliphatic carbocycles. The lowest BCUT2D eigenvalue weighted by Crippen LogP contribution is -2.12. The van der Waals surface area contributed by atoms with Gasteiger partial charge in [-0.15, -0.1) is 10.2 Å². The van der Waals surface area contributed by atoms with Crippen molar-refractivity contribution in [3.05, 3.63) is 83.0 Å². The summed E-state index contributed by atoms with van der Waals surface area (Å²) in [5.74, 6) is 0.755. The molecule has 0 fully saturated rings. The van der Waals surface area contributed by atoms with Crippen LogP contribution in [0.4, 0.5) is 5.13 Å². The number of benzene rings is 2. The van der Waals surface area contributed by atoms with Crippen molar-refractivity contribution in [1.82, 2.24) is 15.2 Å². The predicted octanol–water partition coefficient (Wildman–Crippen LogP) is 5.41. The predicted molar refractivity (Wildman–Crippen MR) is 112 cm³/mol. The van der Waals surface area contributed by atoms with E-state index in [0.29, 0.717) is 32.9 Å². The topological polar surface area (TPSA) is 77.0 Å². The van der Waals surface area contributed by atoms with Crippen molar-refractivity contribution < 1.29 is 9.53 Å². The Morgan fingerprint density at radius 1 is 1.00 bits per heavy atom. The second-order valence-corrected chi connectivity index (χ2v) is 7.53. The molecule has 2 aromatic carbocycles. The highest BCUT2D eigenvalue weighted by atomic mass is 79.9. The number of hydrogen-bond donors (Lipinski definition) is 1. The molecule has 4 rings (SSSR count). The van der Waals surface area contributed by atoms with Gasteiger partial charge in [-0.25, -0.2) is 0 Å². The number of ether oxygens (including phenoxy) is 1. The number of anilines is 1. The molecule has 0 saturated carbocycles. The van der Waals surface area contributed by atoms with Crippen LogP contribution in [0.2, 0.25) is 0 Å². The molecule has 0 radical (unpaired) electrons. The summed E-state index contributed by atoms with van der Waals surface area (Å²) in [4.78, 5) is 17.0. The Labute approximate surface area is 173 Å². The van der Waals surface area contributed by atoms with E-state index >= 15 is 0 Å². The summed E-state index contributed by atoms with van der Waals surface area (Å²) in [5, 5.41) is 11.9. The summed E-state index contributed by atoms with van der Waals surface area (Å²) in [6.07, 6.45) is 1.69. The molecule has 1 N–H and O–H groups in total. The first-order chi connectivity index (χ1) is 13.7. The average molecular weight is 453 g/mol. The molecule has 0 saturated heterocycles. The number of nitrogens with one attached hydrogen (secondary N) is 1. The largest absolute Gasteiger partial charge is 0.456 e. The molecule has 0 atom stereocenters. The number of para-hydroxylation sites is 1. The maximum atomic E-state index is 12.8. The molecule has 6 nitrogen and oxygen atoms in total. The maximum absolute atomic E-state index is 12.8. The Kier molecular flexibility index (Phi) is 5.41. The van der Waals surface area contributed by atoms with Crippen LogP contribution in [0, 0.1) is 0 Å². The van der Waals surface area contributed by atoms with Crippen LogP contribution in [0.1, 0.15) is 10.4 Å². The zero-order chi connectivity index (χ0) is 19.3. The lowest BCUT2D eigenvalue weighted by Gasteiger charge is -2.10. The van der Waals surface area contributed by atoms with Crippen molar-refractivity contribution in [3.63, 3.8) is 0 Å². The first-order valence-corrected chi connectivity index (χ1v) is 9.89. The number of aromatic nitrogens is 3. The van der Waals surface area contributed by atoms with Crippen LogP contribution in [0.3, 0.4) is 0 Å². The first kappa shape index (κ1) is 18.3. The van der Waals surface area contributed by atoms with Crippen molar-refractivity contribution in [3.8, 4) is 22.2 Å². The van der Waals surface area contributed by atoms with Gasteiger partial charge in [0.05, 0.1) is 5.56 Å². The van der Waals surface area contributed by atoms with E-state index in [1.807, 2.05) is 48.5 Å². The van der Waals surface area contributed by atoms with Gasteiger partial charge in [0.15, 0.2) is 5.01 Å². The van der Waals surface area contributed by atoms with Crippen molar-refractivity contribution in [2.45, 2.75) is 0 Å². The third-order valence-corrected chi connectivity index (χ3v) is 5.04. The minimum absolute atomic E-state index is 0.325. The average Bonchev–Trinajstić information content (AvgIpc) is 3.17. The Morgan fingerprint density at radius 3 is 2.68 bits per heavy atom. The van der Waals surface area contributed by atoms with Gasteiger partial charge < -0.3 is 4.74 Å². The zero-order valence-electron chi connectivity index (χ0n) is 14.4. The molecule has 4 aromatic rings. The minimum atomic E-state index is -0.325. The van der Waals surface area contributed by atoms with Crippen molar-refractivity contribution in [1.29, 1.82) is 0 Å². The van der Waals surface area contributed by atoms with Crippen LogP contribution < -0.4 is 10.1 Å². The van der Waals surface area contributed by atoms with Gasteiger partial charge in [0.1, 0.15) is 17.2 Å². The lowest BCUT2D eigenvalue weighted by atomic mass is 10.2. The number of nitrogens with zero attached hydrogens (tertiary/aromatic N) is 3. The maximum Gasteiger partial charge on any atom is 0.261 e. The number of pyridine rings is 1. The van der Waals surface area contributed by atoms with Gasteiger partial charge >= 0.3 is 0 Å². The number of amides is 1. The smallest absolute Gasteiger partial charge is 0.261 e. The molecular formula is C20H13BrN4O2S. The molecule has 138 valence electrons. The highest BCUT2D eigenvalue weighted by Gasteiger charge is 2.16. The molecule has 0 aliphatic rings. The zero-order valence-corrected chi connectivity index (χ0v) is 16.8. The summed E-state index contributed by atoms with van der Waals surface area (Å²) in [6.45, 7) is 0. The van der Waals surface area contributed by atoms with Gasteiger partial charge in [-0.1, -0.05) is 51.5 Å². The van der Waals surface area contributed by atoms with E-state index < -0.39 is 0 Å². The summed E-state index contributed by atoms with van der Waals surface area (Å²) >= 11 is 4.67. The number of carbonyl (C=O) groups excluding carboxylic acids is 1. The minimum Gasteiger partial charge on any atom is -0.456 e. The van der Waals surface area contributed by atoms with E-state index in [9.17, 15) is 4.79 Å². The molecule has 28 heavy (non-hydrogen) atoms. The Hall–Kier alpha value is -3.10. The first-order valence-electron chi connectivity index (χ1n) is 8.28. The van der Waals surface area contributed by atoms with Crippen LogP contribution in [0.25, 0.3) is 10.7 Å². The van der Waals surface area contributed by atoms with Gasteiger partial charge in [-0.2, -0.15) is 0 Å². The Bertz CT molecular complexity index is 1120. The van der Waals surface area contributed by atoms with Crippen molar-refractivity contribution >= 4 is 38.3 Å². The Morgan fingerprint density at radius 2 is 1.86 bits per heavy atom. The summed E-state index contributed by atoms with van der Waals surface area (Å²) in [5.41, 5.74) is 1.11. The van der Waals surface area contributed by atoms with Crippen LogP contribution in [-0.2, 0) is 0 Å². The molecule has 1 amide bonds. The molecule has 0 aliphatic heterocycles. The van der Waals surface area contributed by atoms with Crippen LogP contribution in [-0.4, -0.2) is 21.1 Å². The summed E-state index contributed by atoms with van der Waals surface area (Å²) in [7, 11) is 0. The highest BCUT2D eigenvalue weighted by molar-refractivity contribution is 9.10. The fourth-order valence-electron chi connectivity index (χ4n) is 2.43. The van der Waals surface area contributed by atoms with E-state index in [1.54, 1.807) is 24.4 Å². The monoisotopic (exact) mass is 452 g/mol. The number of carbonyl (C=O) groups is 1. The SMILES string of the molecule is O=C(Nc1nnc(-c2ccccn2)s1)c1ccccc1Oc1cccc(Br)c1. The van der Waals surface area contributed by atoms with E-state index in [2.05, 4.69) is 36.4 Å². The second kappa shape index (κ2) is 8.28. The summed E-state index contributed by atoms with van der Waals surface area (Å²) in [6, 6.07) is 20.0. The van der Waals surface area contributed by atoms with Crippen LogP contribution >= 0.6 is 27.3 Å². The summed E-state index contributed by atoms with van der Waals surface area (Å²) < 4.78 is 6.78. The molecule has 0 spiro atoms. The van der Waals surface area contributed by atoms with Gasteiger partial charge in [0, 0.05) is 10.7 Å². The number of rotatable bonds is 5. The van der Waals surface area contributed by atoms with E-state index in [-0.39, 0.29) is 5.91 Å². The highest BCUT2D eigenvalue weighted by Crippen LogP contribution is 2.29. The molecule has 0 unspecified atom stereocenters. The Balaban J connectivity index is 1.54. The van der Waals surface area contributed by atoms with E-state index in [4.69, 9.17) is 4.74 Å².